The Hall–Kier alpha value is -0.380. The molecule has 3 rings (SSSR count). The van der Waals surface area contributed by atoms with Gasteiger partial charge < -0.3 is 11.1 Å². The van der Waals surface area contributed by atoms with E-state index in [0.29, 0.717) is 23.9 Å². The van der Waals surface area contributed by atoms with E-state index in [1.54, 1.807) is 0 Å². The van der Waals surface area contributed by atoms with Gasteiger partial charge in [-0.2, -0.15) is 0 Å². The number of benzene rings is 1. The normalized spacial score (nSPS) is 36.9. The Morgan fingerprint density at radius 1 is 1.25 bits per heavy atom. The first-order chi connectivity index (χ1) is 7.81. The number of hydrogen-bond acceptors (Lipinski definition) is 2. The molecule has 2 bridgehead atoms. The molecular formula is C13H17BrN2. The summed E-state index contributed by atoms with van der Waals surface area (Å²) in [6.45, 7) is 0.792. The minimum atomic E-state index is 0.597. The Balaban J connectivity index is 1.97. The third kappa shape index (κ3) is 1.53. The van der Waals surface area contributed by atoms with Crippen molar-refractivity contribution in [2.45, 2.75) is 30.8 Å². The molecule has 0 spiro atoms. The van der Waals surface area contributed by atoms with E-state index in [1.807, 2.05) is 0 Å². The van der Waals surface area contributed by atoms with Gasteiger partial charge >= 0.3 is 0 Å². The molecule has 3 N–H and O–H groups in total. The van der Waals surface area contributed by atoms with Crippen LogP contribution in [0.1, 0.15) is 24.3 Å². The first kappa shape index (κ1) is 10.8. The van der Waals surface area contributed by atoms with Gasteiger partial charge in [-0.25, -0.2) is 0 Å². The molecule has 2 fully saturated rings. The first-order valence-electron chi connectivity index (χ1n) is 6.02. The monoisotopic (exact) mass is 280 g/mol. The Morgan fingerprint density at radius 3 is 2.75 bits per heavy atom. The maximum atomic E-state index is 5.94. The topological polar surface area (TPSA) is 38.0 Å². The van der Waals surface area contributed by atoms with Gasteiger partial charge in [-0.3, -0.25) is 0 Å². The molecule has 2 heterocycles. The van der Waals surface area contributed by atoms with Crippen molar-refractivity contribution in [2.75, 3.05) is 6.54 Å². The lowest BCUT2D eigenvalue weighted by Crippen LogP contribution is -2.32. The van der Waals surface area contributed by atoms with Crippen LogP contribution in [-0.2, 0) is 0 Å². The summed E-state index contributed by atoms with van der Waals surface area (Å²) in [4.78, 5) is 0. The number of fused-ring (bicyclic) bond motifs is 2. The summed E-state index contributed by atoms with van der Waals surface area (Å²) < 4.78 is 1.23. The molecule has 3 heteroatoms. The van der Waals surface area contributed by atoms with Crippen LogP contribution in [0.25, 0.3) is 0 Å². The van der Waals surface area contributed by atoms with Gasteiger partial charge in [-0.15, -0.1) is 0 Å². The van der Waals surface area contributed by atoms with Gasteiger partial charge in [0.1, 0.15) is 0 Å². The van der Waals surface area contributed by atoms with E-state index in [2.05, 4.69) is 45.5 Å². The zero-order chi connectivity index (χ0) is 11.1. The molecule has 86 valence electrons. The Kier molecular flexibility index (Phi) is 2.78. The van der Waals surface area contributed by atoms with Crippen LogP contribution in [0.2, 0.25) is 0 Å². The Morgan fingerprint density at radius 2 is 2.00 bits per heavy atom. The molecule has 2 aliphatic heterocycles. The highest BCUT2D eigenvalue weighted by Gasteiger charge is 2.47. The van der Waals surface area contributed by atoms with E-state index in [9.17, 15) is 0 Å². The minimum absolute atomic E-state index is 0.597. The zero-order valence-electron chi connectivity index (χ0n) is 9.20. The summed E-state index contributed by atoms with van der Waals surface area (Å²) in [6, 6.07) is 9.85. The largest absolute Gasteiger partial charge is 0.330 e. The summed E-state index contributed by atoms with van der Waals surface area (Å²) in [5, 5.41) is 3.70. The molecule has 16 heavy (non-hydrogen) atoms. The van der Waals surface area contributed by atoms with Crippen molar-refractivity contribution < 1.29 is 0 Å². The fourth-order valence-corrected chi connectivity index (χ4v) is 4.02. The SMILES string of the molecule is NCC1C2CCC(N2)C1c1ccccc1Br. The molecule has 4 unspecified atom stereocenters. The predicted octanol–water partition coefficient (Wildman–Crippen LogP) is 2.24. The average Bonchev–Trinajstić information content (AvgIpc) is 2.89. The fourth-order valence-electron chi connectivity index (χ4n) is 3.47. The fraction of sp³-hybridized carbons (Fsp3) is 0.538. The van der Waals surface area contributed by atoms with Crippen molar-refractivity contribution in [2.24, 2.45) is 11.7 Å². The second-order valence-electron chi connectivity index (χ2n) is 4.90. The van der Waals surface area contributed by atoms with E-state index in [4.69, 9.17) is 5.73 Å². The van der Waals surface area contributed by atoms with Gasteiger partial charge in [0.15, 0.2) is 0 Å². The molecule has 1 aromatic carbocycles. The molecule has 0 amide bonds. The third-order valence-corrected chi connectivity index (χ3v) is 4.89. The summed E-state index contributed by atoms with van der Waals surface area (Å²) in [5.41, 5.74) is 7.37. The summed E-state index contributed by atoms with van der Waals surface area (Å²) in [5.74, 6) is 1.21. The lowest BCUT2D eigenvalue weighted by atomic mass is 9.75. The van der Waals surface area contributed by atoms with Gasteiger partial charge in [-0.05, 0) is 36.9 Å². The van der Waals surface area contributed by atoms with Crippen molar-refractivity contribution in [1.82, 2.24) is 5.32 Å². The van der Waals surface area contributed by atoms with Crippen molar-refractivity contribution in [1.29, 1.82) is 0 Å². The molecule has 0 radical (unpaired) electrons. The van der Waals surface area contributed by atoms with E-state index in [-0.39, 0.29) is 0 Å². The molecule has 2 nitrogen and oxygen atoms in total. The smallest absolute Gasteiger partial charge is 0.0210 e. The molecule has 2 saturated heterocycles. The first-order valence-corrected chi connectivity index (χ1v) is 6.81. The average molecular weight is 281 g/mol. The minimum Gasteiger partial charge on any atom is -0.330 e. The van der Waals surface area contributed by atoms with E-state index in [0.717, 1.165) is 6.54 Å². The van der Waals surface area contributed by atoms with Crippen LogP contribution in [0.5, 0.6) is 0 Å². The number of hydrogen-bond donors (Lipinski definition) is 2. The molecule has 1 aromatic rings. The number of nitrogens with one attached hydrogen (secondary N) is 1. The highest BCUT2D eigenvalue weighted by molar-refractivity contribution is 9.10. The van der Waals surface area contributed by atoms with Crippen molar-refractivity contribution >= 4 is 15.9 Å². The van der Waals surface area contributed by atoms with Gasteiger partial charge in [0.2, 0.25) is 0 Å². The number of rotatable bonds is 2. The van der Waals surface area contributed by atoms with E-state index >= 15 is 0 Å². The second kappa shape index (κ2) is 4.13. The van der Waals surface area contributed by atoms with Crippen LogP contribution in [0, 0.1) is 5.92 Å². The summed E-state index contributed by atoms with van der Waals surface area (Å²) in [6.07, 6.45) is 2.60. The highest BCUT2D eigenvalue weighted by atomic mass is 79.9. The molecule has 0 aromatic heterocycles. The quantitative estimate of drug-likeness (QED) is 0.872. The number of halogens is 1. The zero-order valence-corrected chi connectivity index (χ0v) is 10.8. The van der Waals surface area contributed by atoms with E-state index < -0.39 is 0 Å². The maximum Gasteiger partial charge on any atom is 0.0210 e. The van der Waals surface area contributed by atoms with Gasteiger partial charge in [-0.1, -0.05) is 34.1 Å². The van der Waals surface area contributed by atoms with Crippen LogP contribution in [0.4, 0.5) is 0 Å². The van der Waals surface area contributed by atoms with Crippen LogP contribution in [-0.4, -0.2) is 18.6 Å². The molecule has 2 aliphatic rings. The number of nitrogens with two attached hydrogens (primary N) is 1. The third-order valence-electron chi connectivity index (χ3n) is 4.16. The molecule has 0 saturated carbocycles. The van der Waals surface area contributed by atoms with Crippen LogP contribution >= 0.6 is 15.9 Å². The lowest BCUT2D eigenvalue weighted by Gasteiger charge is -2.29. The van der Waals surface area contributed by atoms with Crippen LogP contribution in [0.3, 0.4) is 0 Å². The standard InChI is InChI=1S/C13H17BrN2/c14-10-4-2-1-3-8(10)13-9(7-15)11-5-6-12(13)16-11/h1-4,9,11-13,16H,5-7,15H2. The van der Waals surface area contributed by atoms with Crippen LogP contribution < -0.4 is 11.1 Å². The summed E-state index contributed by atoms with van der Waals surface area (Å²) >= 11 is 3.67. The van der Waals surface area contributed by atoms with E-state index in [1.165, 1.54) is 22.9 Å². The van der Waals surface area contributed by atoms with Crippen molar-refractivity contribution in [3.05, 3.63) is 34.3 Å². The van der Waals surface area contributed by atoms with Gasteiger partial charge in [0.25, 0.3) is 0 Å². The lowest BCUT2D eigenvalue weighted by molar-refractivity contribution is 0.365. The van der Waals surface area contributed by atoms with Crippen LogP contribution in [0.15, 0.2) is 28.7 Å². The van der Waals surface area contributed by atoms with Crippen molar-refractivity contribution in [3.63, 3.8) is 0 Å². The molecular weight excluding hydrogens is 264 g/mol. The predicted molar refractivity (Wildman–Crippen MR) is 69.4 cm³/mol. The highest BCUT2D eigenvalue weighted by Crippen LogP contribution is 2.45. The second-order valence-corrected chi connectivity index (χ2v) is 5.76. The Labute approximate surface area is 105 Å². The van der Waals surface area contributed by atoms with Gasteiger partial charge in [0, 0.05) is 22.5 Å². The Bertz CT molecular complexity index is 393. The maximum absolute atomic E-state index is 5.94. The summed E-state index contributed by atoms with van der Waals surface area (Å²) in [7, 11) is 0. The molecule has 0 aliphatic carbocycles. The van der Waals surface area contributed by atoms with Crippen molar-refractivity contribution in [3.8, 4) is 0 Å². The van der Waals surface area contributed by atoms with Gasteiger partial charge in [0.05, 0.1) is 0 Å². The molecule has 4 atom stereocenters.